The van der Waals surface area contributed by atoms with Gasteiger partial charge in [-0.1, -0.05) is 23.7 Å². The van der Waals surface area contributed by atoms with Crippen LogP contribution in [-0.4, -0.2) is 19.0 Å². The van der Waals surface area contributed by atoms with E-state index in [0.717, 1.165) is 10.9 Å². The van der Waals surface area contributed by atoms with Crippen LogP contribution in [0, 0.1) is 13.8 Å². The van der Waals surface area contributed by atoms with Gasteiger partial charge < -0.3 is 14.5 Å². The molecule has 3 aromatic rings. The average molecular weight is 358 g/mol. The molecule has 1 N–H and O–H groups in total. The number of ether oxygens (including phenoxy) is 1. The van der Waals surface area contributed by atoms with Crippen LogP contribution in [0.3, 0.4) is 0 Å². The van der Waals surface area contributed by atoms with Crippen molar-refractivity contribution in [2.75, 3.05) is 12.4 Å². The number of carbonyl (C=O) groups is 2. The van der Waals surface area contributed by atoms with Crippen molar-refractivity contribution in [2.24, 2.45) is 0 Å². The first-order valence-electron chi connectivity index (χ1n) is 7.60. The molecule has 0 spiro atoms. The molecule has 25 heavy (non-hydrogen) atoms. The van der Waals surface area contributed by atoms with E-state index in [1.165, 1.54) is 7.11 Å². The van der Waals surface area contributed by atoms with Crippen LogP contribution >= 0.6 is 11.6 Å². The number of carbonyl (C=O) groups excluding carboxylic acids is 2. The molecule has 0 saturated carbocycles. The van der Waals surface area contributed by atoms with Crippen LogP contribution in [0.1, 0.15) is 32.0 Å². The monoisotopic (exact) mass is 357 g/mol. The van der Waals surface area contributed by atoms with E-state index in [1.807, 2.05) is 0 Å². The van der Waals surface area contributed by atoms with Gasteiger partial charge in [-0.05, 0) is 43.7 Å². The Morgan fingerprint density at radius 2 is 1.92 bits per heavy atom. The van der Waals surface area contributed by atoms with Gasteiger partial charge >= 0.3 is 5.97 Å². The number of hydrogen-bond donors (Lipinski definition) is 1. The second-order valence-corrected chi connectivity index (χ2v) is 6.08. The summed E-state index contributed by atoms with van der Waals surface area (Å²) >= 11 is 6.01. The number of furan rings is 1. The Hall–Kier alpha value is -2.79. The van der Waals surface area contributed by atoms with Gasteiger partial charge in [0.25, 0.3) is 5.91 Å². The van der Waals surface area contributed by atoms with Crippen molar-refractivity contribution in [1.82, 2.24) is 0 Å². The number of nitrogens with one attached hydrogen (secondary N) is 1. The molecule has 1 amide bonds. The summed E-state index contributed by atoms with van der Waals surface area (Å²) in [7, 11) is 1.30. The van der Waals surface area contributed by atoms with E-state index in [-0.39, 0.29) is 11.3 Å². The fourth-order valence-electron chi connectivity index (χ4n) is 2.69. The number of para-hydroxylation sites is 1. The van der Waals surface area contributed by atoms with E-state index >= 15 is 0 Å². The van der Waals surface area contributed by atoms with Crippen molar-refractivity contribution in [1.29, 1.82) is 0 Å². The zero-order valence-corrected chi connectivity index (χ0v) is 14.7. The number of benzene rings is 2. The average Bonchev–Trinajstić information content (AvgIpc) is 2.92. The number of hydrogen-bond acceptors (Lipinski definition) is 4. The minimum atomic E-state index is -0.521. The van der Waals surface area contributed by atoms with Crippen LogP contribution < -0.4 is 5.32 Å². The van der Waals surface area contributed by atoms with Crippen LogP contribution in [0.25, 0.3) is 11.0 Å². The summed E-state index contributed by atoms with van der Waals surface area (Å²) in [6.45, 7) is 3.59. The van der Waals surface area contributed by atoms with E-state index in [4.69, 9.17) is 20.8 Å². The molecule has 0 atom stereocenters. The first-order valence-corrected chi connectivity index (χ1v) is 7.98. The van der Waals surface area contributed by atoms with Crippen molar-refractivity contribution in [3.05, 3.63) is 63.9 Å². The van der Waals surface area contributed by atoms with Crippen LogP contribution in [-0.2, 0) is 4.74 Å². The zero-order valence-electron chi connectivity index (χ0n) is 14.0. The van der Waals surface area contributed by atoms with E-state index in [2.05, 4.69) is 5.32 Å². The first-order chi connectivity index (χ1) is 11.9. The molecule has 0 bridgehead atoms. The molecule has 0 saturated heterocycles. The molecule has 5 nitrogen and oxygen atoms in total. The van der Waals surface area contributed by atoms with Gasteiger partial charge in [0.15, 0.2) is 5.76 Å². The lowest BCUT2D eigenvalue weighted by molar-refractivity contribution is 0.0602. The highest BCUT2D eigenvalue weighted by atomic mass is 35.5. The molecule has 0 aliphatic rings. The maximum absolute atomic E-state index is 12.7. The quantitative estimate of drug-likeness (QED) is 0.687. The molecule has 1 heterocycles. The van der Waals surface area contributed by atoms with Gasteiger partial charge in [-0.2, -0.15) is 0 Å². The Labute approximate surface area is 149 Å². The molecule has 0 radical (unpaired) electrons. The van der Waals surface area contributed by atoms with Crippen LogP contribution in [0.2, 0.25) is 5.02 Å². The Morgan fingerprint density at radius 1 is 1.16 bits per heavy atom. The van der Waals surface area contributed by atoms with Gasteiger partial charge in [-0.15, -0.1) is 0 Å². The molecule has 0 unspecified atom stereocenters. The van der Waals surface area contributed by atoms with Crippen molar-refractivity contribution in [3.63, 3.8) is 0 Å². The van der Waals surface area contributed by atoms with Crippen molar-refractivity contribution in [3.8, 4) is 0 Å². The molecular weight excluding hydrogens is 342 g/mol. The van der Waals surface area contributed by atoms with Gasteiger partial charge in [-0.25, -0.2) is 4.79 Å². The molecule has 0 aliphatic heterocycles. The highest BCUT2D eigenvalue weighted by Crippen LogP contribution is 2.29. The number of anilines is 1. The highest BCUT2D eigenvalue weighted by molar-refractivity contribution is 6.31. The molecule has 6 heteroatoms. The van der Waals surface area contributed by atoms with Gasteiger partial charge in [-0.3, -0.25) is 4.79 Å². The Balaban J connectivity index is 2.01. The predicted molar refractivity (Wildman–Crippen MR) is 96.4 cm³/mol. The maximum Gasteiger partial charge on any atom is 0.339 e. The van der Waals surface area contributed by atoms with E-state index in [1.54, 1.807) is 50.2 Å². The molecule has 0 aliphatic carbocycles. The summed E-state index contributed by atoms with van der Waals surface area (Å²) in [5.41, 5.74) is 2.69. The number of fused-ring (bicyclic) bond motifs is 1. The predicted octanol–water partition coefficient (Wildman–Crippen LogP) is 4.74. The second-order valence-electron chi connectivity index (χ2n) is 5.64. The largest absolute Gasteiger partial charge is 0.465 e. The van der Waals surface area contributed by atoms with Gasteiger partial charge in [0.1, 0.15) is 5.58 Å². The minimum absolute atomic E-state index is 0.177. The summed E-state index contributed by atoms with van der Waals surface area (Å²) < 4.78 is 10.4. The van der Waals surface area contributed by atoms with E-state index < -0.39 is 11.9 Å². The molecule has 0 fully saturated rings. The van der Waals surface area contributed by atoms with Gasteiger partial charge in [0.2, 0.25) is 0 Å². The first kappa shape index (κ1) is 17.0. The summed E-state index contributed by atoms with van der Waals surface area (Å²) in [6, 6.07) is 10.3. The normalized spacial score (nSPS) is 10.7. The standard InChI is InChI=1S/C19H16ClNO4/c1-10-5-4-6-13(19(23)24-3)16(10)21-18(22)17-11(2)14-9-12(20)7-8-15(14)25-17/h4-9H,1-3H3,(H,21,22). The zero-order chi connectivity index (χ0) is 18.1. The lowest BCUT2D eigenvalue weighted by Crippen LogP contribution is -2.16. The summed E-state index contributed by atoms with van der Waals surface area (Å²) in [6.07, 6.45) is 0. The number of amides is 1. The van der Waals surface area contributed by atoms with Crippen molar-refractivity contribution in [2.45, 2.75) is 13.8 Å². The van der Waals surface area contributed by atoms with Gasteiger partial charge in [0, 0.05) is 16.0 Å². The Morgan fingerprint density at radius 3 is 2.64 bits per heavy atom. The van der Waals surface area contributed by atoms with Crippen molar-refractivity contribution < 1.29 is 18.7 Å². The fourth-order valence-corrected chi connectivity index (χ4v) is 2.87. The lowest BCUT2D eigenvalue weighted by atomic mass is 10.1. The SMILES string of the molecule is COC(=O)c1cccc(C)c1NC(=O)c1oc2ccc(Cl)cc2c1C. The maximum atomic E-state index is 12.7. The molecule has 2 aromatic carbocycles. The third kappa shape index (κ3) is 3.10. The van der Waals surface area contributed by atoms with Crippen molar-refractivity contribution >= 4 is 40.1 Å². The molecule has 128 valence electrons. The van der Waals surface area contributed by atoms with Gasteiger partial charge in [0.05, 0.1) is 18.4 Å². The highest BCUT2D eigenvalue weighted by Gasteiger charge is 2.21. The number of methoxy groups -OCH3 is 1. The lowest BCUT2D eigenvalue weighted by Gasteiger charge is -2.12. The minimum Gasteiger partial charge on any atom is -0.465 e. The van der Waals surface area contributed by atoms with Crippen LogP contribution in [0.15, 0.2) is 40.8 Å². The summed E-state index contributed by atoms with van der Waals surface area (Å²) in [5.74, 6) is -0.785. The Bertz CT molecular complexity index is 990. The number of esters is 1. The number of rotatable bonds is 3. The second kappa shape index (κ2) is 6.61. The fraction of sp³-hybridized carbons (Fsp3) is 0.158. The number of aryl methyl sites for hydroxylation is 2. The third-order valence-corrected chi connectivity index (χ3v) is 4.26. The van der Waals surface area contributed by atoms with Crippen LogP contribution in [0.5, 0.6) is 0 Å². The summed E-state index contributed by atoms with van der Waals surface area (Å²) in [5, 5.41) is 4.10. The smallest absolute Gasteiger partial charge is 0.339 e. The number of halogens is 1. The van der Waals surface area contributed by atoms with E-state index in [9.17, 15) is 9.59 Å². The molecule has 3 rings (SSSR count). The topological polar surface area (TPSA) is 68.5 Å². The van der Waals surface area contributed by atoms with Crippen LogP contribution in [0.4, 0.5) is 5.69 Å². The third-order valence-electron chi connectivity index (χ3n) is 4.02. The van der Waals surface area contributed by atoms with E-state index in [0.29, 0.717) is 21.9 Å². The molecule has 1 aromatic heterocycles. The summed E-state index contributed by atoms with van der Waals surface area (Å²) in [4.78, 5) is 24.7. The Kier molecular flexibility index (Phi) is 4.51. The molecular formula is C19H16ClNO4.